The fourth-order valence-electron chi connectivity index (χ4n) is 2.75. The molecule has 2 aromatic heterocycles. The maximum Gasteiger partial charge on any atom is 0.274 e. The zero-order valence-corrected chi connectivity index (χ0v) is 17.1. The highest BCUT2D eigenvalue weighted by molar-refractivity contribution is 9.10. The van der Waals surface area contributed by atoms with Crippen molar-refractivity contribution in [3.63, 3.8) is 0 Å². The van der Waals surface area contributed by atoms with Crippen molar-refractivity contribution in [2.75, 3.05) is 5.32 Å². The Bertz CT molecular complexity index is 1190. The third-order valence-corrected chi connectivity index (χ3v) is 4.92. The van der Waals surface area contributed by atoms with E-state index in [1.54, 1.807) is 59.3 Å². The summed E-state index contributed by atoms with van der Waals surface area (Å²) in [6.07, 6.45) is 1.74. The van der Waals surface area contributed by atoms with E-state index >= 15 is 0 Å². The number of nitrogens with one attached hydrogen (secondary N) is 1. The minimum absolute atomic E-state index is 0.0503. The molecular formula is C20H13BrClFN4O2. The number of anilines is 1. The monoisotopic (exact) mass is 474 g/mol. The maximum absolute atomic E-state index is 13.4. The second kappa shape index (κ2) is 8.18. The first kappa shape index (κ1) is 19.4. The molecule has 0 spiro atoms. The molecular weight excluding hydrogens is 463 g/mol. The van der Waals surface area contributed by atoms with E-state index in [9.17, 15) is 9.18 Å². The molecule has 0 aliphatic carbocycles. The first-order valence-electron chi connectivity index (χ1n) is 8.49. The molecule has 146 valence electrons. The van der Waals surface area contributed by atoms with Crippen molar-refractivity contribution in [2.24, 2.45) is 0 Å². The number of carbonyl (C=O) groups excluding carboxylic acids is 1. The molecule has 1 amide bonds. The molecule has 4 aromatic rings. The zero-order chi connectivity index (χ0) is 20.4. The van der Waals surface area contributed by atoms with Crippen LogP contribution in [0.15, 0.2) is 69.8 Å². The lowest BCUT2D eigenvalue weighted by Crippen LogP contribution is -2.18. The van der Waals surface area contributed by atoms with Gasteiger partial charge in [0.25, 0.3) is 5.89 Å². The van der Waals surface area contributed by atoms with Gasteiger partial charge < -0.3 is 14.4 Å². The lowest BCUT2D eigenvalue weighted by Gasteiger charge is -2.08. The van der Waals surface area contributed by atoms with Crippen LogP contribution < -0.4 is 5.32 Å². The Morgan fingerprint density at radius 3 is 2.86 bits per heavy atom. The van der Waals surface area contributed by atoms with Crippen LogP contribution in [0.4, 0.5) is 10.1 Å². The summed E-state index contributed by atoms with van der Waals surface area (Å²) in [6, 6.07) is 14.9. The molecule has 0 aliphatic rings. The van der Waals surface area contributed by atoms with Crippen molar-refractivity contribution in [2.45, 2.75) is 6.54 Å². The number of aromatic nitrogens is 3. The molecule has 4 rings (SSSR count). The van der Waals surface area contributed by atoms with Crippen molar-refractivity contribution >= 4 is 39.1 Å². The molecule has 9 heteroatoms. The summed E-state index contributed by atoms with van der Waals surface area (Å²) < 4.78 is 20.8. The van der Waals surface area contributed by atoms with E-state index in [-0.39, 0.29) is 24.2 Å². The Morgan fingerprint density at radius 1 is 1.21 bits per heavy atom. The van der Waals surface area contributed by atoms with Crippen LogP contribution in [-0.2, 0) is 11.3 Å². The number of hydrogen-bond acceptors (Lipinski definition) is 4. The quantitative estimate of drug-likeness (QED) is 0.419. The molecule has 2 heterocycles. The topological polar surface area (TPSA) is 73.0 Å². The van der Waals surface area contributed by atoms with Crippen LogP contribution in [0.25, 0.3) is 23.0 Å². The Kier molecular flexibility index (Phi) is 5.46. The molecule has 29 heavy (non-hydrogen) atoms. The number of rotatable bonds is 5. The minimum Gasteiger partial charge on any atom is -0.334 e. The Labute approximate surface area is 178 Å². The summed E-state index contributed by atoms with van der Waals surface area (Å²) in [5.41, 5.74) is 1.80. The predicted octanol–water partition coefficient (Wildman–Crippen LogP) is 5.40. The van der Waals surface area contributed by atoms with Crippen LogP contribution in [0.2, 0.25) is 5.02 Å². The number of carbonyl (C=O) groups is 1. The summed E-state index contributed by atoms with van der Waals surface area (Å²) in [6.45, 7) is 0.0503. The van der Waals surface area contributed by atoms with Crippen LogP contribution in [0, 0.1) is 5.82 Å². The van der Waals surface area contributed by atoms with E-state index in [2.05, 4.69) is 31.4 Å². The van der Waals surface area contributed by atoms with E-state index in [0.29, 0.717) is 32.3 Å². The highest BCUT2D eigenvalue weighted by Gasteiger charge is 2.16. The van der Waals surface area contributed by atoms with Gasteiger partial charge >= 0.3 is 0 Å². The summed E-state index contributed by atoms with van der Waals surface area (Å²) in [7, 11) is 0. The van der Waals surface area contributed by atoms with Crippen LogP contribution in [0.1, 0.15) is 0 Å². The van der Waals surface area contributed by atoms with Crippen LogP contribution in [0.3, 0.4) is 0 Å². The van der Waals surface area contributed by atoms with Gasteiger partial charge in [-0.1, -0.05) is 22.8 Å². The highest BCUT2D eigenvalue weighted by atomic mass is 79.9. The lowest BCUT2D eigenvalue weighted by molar-refractivity contribution is -0.116. The normalized spacial score (nSPS) is 10.9. The molecule has 0 bridgehead atoms. The Hall–Kier alpha value is -2.97. The van der Waals surface area contributed by atoms with Crippen molar-refractivity contribution in [3.8, 4) is 23.0 Å². The lowest BCUT2D eigenvalue weighted by atomic mass is 10.2. The third kappa shape index (κ3) is 4.38. The average Bonchev–Trinajstić information content (AvgIpc) is 3.33. The summed E-state index contributed by atoms with van der Waals surface area (Å²) in [5.74, 6) is -0.0400. The molecule has 0 radical (unpaired) electrons. The predicted molar refractivity (Wildman–Crippen MR) is 111 cm³/mol. The maximum atomic E-state index is 13.4. The minimum atomic E-state index is -0.378. The fourth-order valence-corrected chi connectivity index (χ4v) is 3.32. The van der Waals surface area contributed by atoms with E-state index in [1.807, 2.05) is 0 Å². The van der Waals surface area contributed by atoms with Gasteiger partial charge in [-0.05, 0) is 64.5 Å². The fraction of sp³-hybridized carbons (Fsp3) is 0.0500. The molecule has 0 aliphatic heterocycles. The van der Waals surface area contributed by atoms with Crippen LogP contribution >= 0.6 is 27.5 Å². The number of hydrogen-bond donors (Lipinski definition) is 1. The molecule has 1 N–H and O–H groups in total. The van der Waals surface area contributed by atoms with Gasteiger partial charge in [0, 0.05) is 22.5 Å². The van der Waals surface area contributed by atoms with Crippen molar-refractivity contribution in [1.29, 1.82) is 0 Å². The first-order chi connectivity index (χ1) is 14.0. The largest absolute Gasteiger partial charge is 0.334 e. The van der Waals surface area contributed by atoms with Crippen molar-refractivity contribution in [1.82, 2.24) is 14.7 Å². The number of nitrogens with zero attached hydrogens (tertiary/aromatic N) is 3. The SMILES string of the molecule is O=C(Cn1cccc1-c1nc(-c2ccc(F)c(Br)c2)no1)Nc1cccc(Cl)c1. The number of amides is 1. The van der Waals surface area contributed by atoms with Gasteiger partial charge in [-0.3, -0.25) is 4.79 Å². The van der Waals surface area contributed by atoms with Gasteiger partial charge in [0.2, 0.25) is 11.7 Å². The highest BCUT2D eigenvalue weighted by Crippen LogP contribution is 2.26. The molecule has 0 saturated heterocycles. The van der Waals surface area contributed by atoms with Gasteiger partial charge in [-0.2, -0.15) is 4.98 Å². The number of halogens is 3. The number of benzene rings is 2. The third-order valence-electron chi connectivity index (χ3n) is 4.07. The second-order valence-electron chi connectivity index (χ2n) is 6.13. The molecule has 0 atom stereocenters. The summed E-state index contributed by atoms with van der Waals surface area (Å²) >= 11 is 9.08. The molecule has 0 unspecified atom stereocenters. The van der Waals surface area contributed by atoms with Crippen molar-refractivity contribution < 1.29 is 13.7 Å². The second-order valence-corrected chi connectivity index (χ2v) is 7.42. The van der Waals surface area contributed by atoms with Gasteiger partial charge in [-0.15, -0.1) is 0 Å². The standard InChI is InChI=1S/C20H13BrClFN4O2/c21-15-9-12(6-7-16(15)23)19-25-20(29-26-19)17-5-2-8-27(17)11-18(28)24-14-4-1-3-13(22)10-14/h1-10H,11H2,(H,24,28). The van der Waals surface area contributed by atoms with E-state index < -0.39 is 0 Å². The molecule has 0 saturated carbocycles. The average molecular weight is 476 g/mol. The van der Waals surface area contributed by atoms with Gasteiger partial charge in [-0.25, -0.2) is 4.39 Å². The van der Waals surface area contributed by atoms with Crippen LogP contribution in [0.5, 0.6) is 0 Å². The smallest absolute Gasteiger partial charge is 0.274 e. The molecule has 6 nitrogen and oxygen atoms in total. The van der Waals surface area contributed by atoms with E-state index in [4.69, 9.17) is 16.1 Å². The zero-order valence-electron chi connectivity index (χ0n) is 14.8. The molecule has 0 fully saturated rings. The summed E-state index contributed by atoms with van der Waals surface area (Å²) in [4.78, 5) is 16.8. The van der Waals surface area contributed by atoms with Gasteiger partial charge in [0.15, 0.2) is 0 Å². The first-order valence-corrected chi connectivity index (χ1v) is 9.67. The van der Waals surface area contributed by atoms with E-state index in [1.165, 1.54) is 6.07 Å². The Morgan fingerprint density at radius 2 is 2.07 bits per heavy atom. The van der Waals surface area contributed by atoms with Gasteiger partial charge in [0.05, 0.1) is 4.47 Å². The molecule has 2 aromatic carbocycles. The van der Waals surface area contributed by atoms with Crippen LogP contribution in [-0.4, -0.2) is 20.6 Å². The van der Waals surface area contributed by atoms with Crippen molar-refractivity contribution in [3.05, 3.63) is 76.1 Å². The Balaban J connectivity index is 1.53. The summed E-state index contributed by atoms with van der Waals surface area (Å²) in [5, 5.41) is 7.28. The van der Waals surface area contributed by atoms with Gasteiger partial charge in [0.1, 0.15) is 18.1 Å². The van der Waals surface area contributed by atoms with E-state index in [0.717, 1.165) is 0 Å².